The van der Waals surface area contributed by atoms with Crippen molar-refractivity contribution in [2.75, 3.05) is 14.2 Å². The van der Waals surface area contributed by atoms with E-state index in [9.17, 15) is 14.7 Å². The lowest BCUT2D eigenvalue weighted by atomic mass is 10.1. The quantitative estimate of drug-likeness (QED) is 0.798. The van der Waals surface area contributed by atoms with Gasteiger partial charge in [-0.1, -0.05) is 30.3 Å². The molecule has 1 saturated carbocycles. The lowest BCUT2D eigenvalue weighted by Gasteiger charge is -2.15. The Balaban J connectivity index is 1.74. The highest BCUT2D eigenvalue weighted by Gasteiger charge is 2.46. The van der Waals surface area contributed by atoms with Gasteiger partial charge in [-0.2, -0.15) is 0 Å². The fourth-order valence-corrected chi connectivity index (χ4v) is 3.14. The Bertz CT molecular complexity index is 805. The maximum absolute atomic E-state index is 12.6. The summed E-state index contributed by atoms with van der Waals surface area (Å²) in [7, 11) is 3.17. The summed E-state index contributed by atoms with van der Waals surface area (Å²) in [5.74, 6) is -0.243. The van der Waals surface area contributed by atoms with E-state index in [0.29, 0.717) is 23.5 Å². The molecule has 0 spiro atoms. The monoisotopic (exact) mass is 355 g/mol. The van der Waals surface area contributed by atoms with Crippen LogP contribution < -0.4 is 14.8 Å². The molecular weight excluding hydrogens is 334 g/mol. The number of carbonyl (C=O) groups is 2. The zero-order valence-electron chi connectivity index (χ0n) is 14.6. The van der Waals surface area contributed by atoms with Crippen LogP contribution in [0.15, 0.2) is 48.5 Å². The van der Waals surface area contributed by atoms with Crippen LogP contribution in [0.5, 0.6) is 11.5 Å². The van der Waals surface area contributed by atoms with Crippen LogP contribution in [0.2, 0.25) is 0 Å². The summed E-state index contributed by atoms with van der Waals surface area (Å²) in [5, 5.41) is 12.1. The van der Waals surface area contributed by atoms with Crippen molar-refractivity contribution in [2.24, 2.45) is 5.92 Å². The van der Waals surface area contributed by atoms with Crippen LogP contribution in [0, 0.1) is 5.92 Å². The molecule has 1 amide bonds. The molecule has 136 valence electrons. The molecule has 0 bridgehead atoms. The summed E-state index contributed by atoms with van der Waals surface area (Å²) >= 11 is 0. The molecule has 0 aromatic heterocycles. The van der Waals surface area contributed by atoms with Gasteiger partial charge >= 0.3 is 5.97 Å². The van der Waals surface area contributed by atoms with E-state index in [2.05, 4.69) is 5.32 Å². The van der Waals surface area contributed by atoms with Gasteiger partial charge in [-0.15, -0.1) is 0 Å². The Kier molecular flexibility index (Phi) is 5.11. The average Bonchev–Trinajstić information content (AvgIpc) is 3.46. The van der Waals surface area contributed by atoms with Crippen LogP contribution in [0.4, 0.5) is 0 Å². The Morgan fingerprint density at radius 3 is 2.46 bits per heavy atom. The number of carboxylic acids is 1. The fourth-order valence-electron chi connectivity index (χ4n) is 3.14. The highest BCUT2D eigenvalue weighted by molar-refractivity contribution is 5.88. The first-order valence-electron chi connectivity index (χ1n) is 8.35. The molecule has 0 aliphatic heterocycles. The third kappa shape index (κ3) is 3.64. The number of aliphatic carboxylic acids is 1. The van der Waals surface area contributed by atoms with Crippen molar-refractivity contribution in [3.05, 3.63) is 59.7 Å². The SMILES string of the molecule is COc1ccc(OC)c(C2CC2C(=O)N[C@@H](C(=O)O)c2ccccc2)c1. The maximum Gasteiger partial charge on any atom is 0.330 e. The van der Waals surface area contributed by atoms with E-state index in [-0.39, 0.29) is 17.7 Å². The number of benzene rings is 2. The van der Waals surface area contributed by atoms with E-state index in [4.69, 9.17) is 9.47 Å². The molecule has 3 rings (SSSR count). The van der Waals surface area contributed by atoms with E-state index < -0.39 is 12.0 Å². The molecule has 26 heavy (non-hydrogen) atoms. The van der Waals surface area contributed by atoms with Crippen LogP contribution >= 0.6 is 0 Å². The number of hydrogen-bond acceptors (Lipinski definition) is 4. The summed E-state index contributed by atoms with van der Waals surface area (Å²) in [4.78, 5) is 24.1. The van der Waals surface area contributed by atoms with Crippen molar-refractivity contribution in [1.82, 2.24) is 5.32 Å². The Morgan fingerprint density at radius 2 is 1.85 bits per heavy atom. The standard InChI is InChI=1S/C20H21NO5/c1-25-13-8-9-17(26-2)15(10-13)14-11-16(14)19(22)21-18(20(23)24)12-6-4-3-5-7-12/h3-10,14,16,18H,11H2,1-2H3,(H,21,22)(H,23,24)/t14?,16?,18-/m1/s1. The second-order valence-corrected chi connectivity index (χ2v) is 6.25. The van der Waals surface area contributed by atoms with Crippen molar-refractivity contribution in [1.29, 1.82) is 0 Å². The Morgan fingerprint density at radius 1 is 1.12 bits per heavy atom. The molecule has 2 unspecified atom stereocenters. The predicted octanol–water partition coefficient (Wildman–Crippen LogP) is 2.75. The smallest absolute Gasteiger partial charge is 0.330 e. The maximum atomic E-state index is 12.6. The molecule has 3 atom stereocenters. The van der Waals surface area contributed by atoms with E-state index in [1.807, 2.05) is 12.1 Å². The lowest BCUT2D eigenvalue weighted by Crippen LogP contribution is -2.35. The van der Waals surface area contributed by atoms with Gasteiger partial charge in [0.15, 0.2) is 6.04 Å². The van der Waals surface area contributed by atoms with E-state index in [0.717, 1.165) is 5.56 Å². The number of nitrogens with one attached hydrogen (secondary N) is 1. The van der Waals surface area contributed by atoms with E-state index in [1.54, 1.807) is 50.6 Å². The van der Waals surface area contributed by atoms with Crippen molar-refractivity contribution >= 4 is 11.9 Å². The van der Waals surface area contributed by atoms with Crippen LogP contribution in [0.3, 0.4) is 0 Å². The third-order valence-corrected chi connectivity index (χ3v) is 4.63. The fraction of sp³-hybridized carbons (Fsp3) is 0.300. The minimum Gasteiger partial charge on any atom is -0.497 e. The van der Waals surface area contributed by atoms with E-state index >= 15 is 0 Å². The average molecular weight is 355 g/mol. The van der Waals surface area contributed by atoms with Gasteiger partial charge in [0.1, 0.15) is 11.5 Å². The summed E-state index contributed by atoms with van der Waals surface area (Å²) in [5.41, 5.74) is 1.45. The molecular formula is C20H21NO5. The summed E-state index contributed by atoms with van der Waals surface area (Å²) in [6, 6.07) is 13.1. The van der Waals surface area contributed by atoms with E-state index in [1.165, 1.54) is 0 Å². The molecule has 1 fully saturated rings. The van der Waals surface area contributed by atoms with Gasteiger partial charge in [0.05, 0.1) is 14.2 Å². The molecule has 0 heterocycles. The third-order valence-electron chi connectivity index (χ3n) is 4.63. The van der Waals surface area contributed by atoms with Crippen LogP contribution in [0.1, 0.15) is 29.5 Å². The Labute approximate surface area is 151 Å². The van der Waals surface area contributed by atoms with Gasteiger partial charge in [-0.05, 0) is 30.2 Å². The normalized spacial score (nSPS) is 19.3. The van der Waals surface area contributed by atoms with Gasteiger partial charge in [0.2, 0.25) is 5.91 Å². The summed E-state index contributed by atoms with van der Waals surface area (Å²) < 4.78 is 10.6. The van der Waals surface area contributed by atoms with Crippen molar-refractivity contribution in [2.45, 2.75) is 18.4 Å². The highest BCUT2D eigenvalue weighted by Crippen LogP contribution is 2.51. The highest BCUT2D eigenvalue weighted by atomic mass is 16.5. The number of methoxy groups -OCH3 is 2. The number of amides is 1. The number of rotatable bonds is 7. The number of hydrogen-bond donors (Lipinski definition) is 2. The van der Waals surface area contributed by atoms with Gasteiger partial charge in [-0.25, -0.2) is 4.79 Å². The second kappa shape index (κ2) is 7.47. The minimum atomic E-state index is -1.08. The first-order valence-corrected chi connectivity index (χ1v) is 8.35. The number of carbonyl (C=O) groups excluding carboxylic acids is 1. The topological polar surface area (TPSA) is 84.9 Å². The first-order chi connectivity index (χ1) is 12.5. The van der Waals surface area contributed by atoms with Crippen molar-refractivity contribution < 1.29 is 24.2 Å². The molecule has 6 heteroatoms. The summed E-state index contributed by atoms with van der Waals surface area (Å²) in [6.07, 6.45) is 0.649. The molecule has 2 N–H and O–H groups in total. The van der Waals surface area contributed by atoms with Crippen molar-refractivity contribution in [3.8, 4) is 11.5 Å². The predicted molar refractivity (Wildman–Crippen MR) is 95.4 cm³/mol. The second-order valence-electron chi connectivity index (χ2n) is 6.25. The van der Waals surface area contributed by atoms with Gasteiger partial charge < -0.3 is 19.9 Å². The number of ether oxygens (including phenoxy) is 2. The molecule has 1 aliphatic carbocycles. The van der Waals surface area contributed by atoms with Gasteiger partial charge in [0.25, 0.3) is 0 Å². The summed E-state index contributed by atoms with van der Waals surface area (Å²) in [6.45, 7) is 0. The lowest BCUT2D eigenvalue weighted by molar-refractivity contribution is -0.142. The van der Waals surface area contributed by atoms with Gasteiger partial charge in [-0.3, -0.25) is 4.79 Å². The van der Waals surface area contributed by atoms with Crippen LogP contribution in [-0.4, -0.2) is 31.2 Å². The Hall–Kier alpha value is -3.02. The largest absolute Gasteiger partial charge is 0.497 e. The zero-order valence-corrected chi connectivity index (χ0v) is 14.6. The molecule has 2 aromatic rings. The number of carboxylic acid groups (broad SMARTS) is 1. The van der Waals surface area contributed by atoms with Crippen LogP contribution in [0.25, 0.3) is 0 Å². The zero-order chi connectivity index (χ0) is 18.7. The molecule has 0 saturated heterocycles. The molecule has 1 aliphatic rings. The molecule has 0 radical (unpaired) electrons. The van der Waals surface area contributed by atoms with Crippen molar-refractivity contribution in [3.63, 3.8) is 0 Å². The first kappa shape index (κ1) is 17.8. The minimum absolute atomic E-state index is 0.00901. The molecule has 2 aromatic carbocycles. The van der Waals surface area contributed by atoms with Gasteiger partial charge in [0, 0.05) is 17.4 Å². The molecule has 6 nitrogen and oxygen atoms in total. The van der Waals surface area contributed by atoms with Crippen LogP contribution in [-0.2, 0) is 9.59 Å².